The Kier molecular flexibility index (Phi) is 2.69. The summed E-state index contributed by atoms with van der Waals surface area (Å²) < 4.78 is 38.0. The van der Waals surface area contributed by atoms with Gasteiger partial charge in [0, 0.05) is 11.6 Å². The molecule has 0 saturated carbocycles. The molecule has 0 aliphatic heterocycles. The van der Waals surface area contributed by atoms with Crippen molar-refractivity contribution in [3.8, 4) is 0 Å². The van der Waals surface area contributed by atoms with Gasteiger partial charge in [-0.15, -0.1) is 0 Å². The number of aromatic amines is 1. The van der Waals surface area contributed by atoms with Crippen molar-refractivity contribution in [3.63, 3.8) is 0 Å². The highest BCUT2D eigenvalue weighted by Crippen LogP contribution is 2.36. The SMILES string of the molecule is CC(c1c[nH]c(=O)c2ccccc12)C(F)(F)F. The predicted molar refractivity (Wildman–Crippen MR) is 59.0 cm³/mol. The molecule has 0 bridgehead atoms. The van der Waals surface area contributed by atoms with Crippen LogP contribution in [0.4, 0.5) is 13.2 Å². The minimum absolute atomic E-state index is 0.0905. The highest BCUT2D eigenvalue weighted by atomic mass is 19.4. The van der Waals surface area contributed by atoms with Crippen LogP contribution in [0.1, 0.15) is 18.4 Å². The molecule has 0 aliphatic carbocycles. The second-order valence-electron chi connectivity index (χ2n) is 3.88. The predicted octanol–water partition coefficient (Wildman–Crippen LogP) is 3.19. The Balaban J connectivity index is 2.72. The van der Waals surface area contributed by atoms with Crippen molar-refractivity contribution in [2.24, 2.45) is 0 Å². The summed E-state index contributed by atoms with van der Waals surface area (Å²) in [6, 6.07) is 6.29. The average molecular weight is 241 g/mol. The van der Waals surface area contributed by atoms with Gasteiger partial charge in [0.05, 0.1) is 5.92 Å². The van der Waals surface area contributed by atoms with Gasteiger partial charge < -0.3 is 4.98 Å². The summed E-state index contributed by atoms with van der Waals surface area (Å²) in [5.74, 6) is -1.61. The van der Waals surface area contributed by atoms with Crippen molar-refractivity contribution < 1.29 is 13.2 Å². The van der Waals surface area contributed by atoms with E-state index in [9.17, 15) is 18.0 Å². The molecule has 0 amide bonds. The van der Waals surface area contributed by atoms with E-state index in [-0.39, 0.29) is 16.5 Å². The van der Waals surface area contributed by atoms with E-state index in [0.717, 1.165) is 13.1 Å². The number of fused-ring (bicyclic) bond motifs is 1. The quantitative estimate of drug-likeness (QED) is 0.817. The van der Waals surface area contributed by atoms with E-state index >= 15 is 0 Å². The molecule has 1 atom stereocenters. The second kappa shape index (κ2) is 3.91. The van der Waals surface area contributed by atoms with Crippen LogP contribution < -0.4 is 5.56 Å². The molecule has 2 nitrogen and oxygen atoms in total. The Morgan fingerprint density at radius 1 is 1.18 bits per heavy atom. The van der Waals surface area contributed by atoms with Crippen LogP contribution >= 0.6 is 0 Å². The number of hydrogen-bond acceptors (Lipinski definition) is 1. The fraction of sp³-hybridized carbons (Fsp3) is 0.250. The highest BCUT2D eigenvalue weighted by molar-refractivity contribution is 5.85. The molecule has 1 aromatic carbocycles. The standard InChI is InChI=1S/C12H10F3NO/c1-7(12(13,14)15)10-6-16-11(17)9-5-3-2-4-8(9)10/h2-7H,1H3,(H,16,17). The zero-order chi connectivity index (χ0) is 12.6. The van der Waals surface area contributed by atoms with E-state index in [0.29, 0.717) is 5.39 Å². The Hall–Kier alpha value is -1.78. The van der Waals surface area contributed by atoms with Crippen LogP contribution in [0.15, 0.2) is 35.3 Å². The Labute approximate surface area is 95.1 Å². The number of aromatic nitrogens is 1. The minimum Gasteiger partial charge on any atom is -0.328 e. The molecular formula is C12H10F3NO. The normalized spacial score (nSPS) is 13.9. The van der Waals surface area contributed by atoms with Crippen LogP contribution in [0.25, 0.3) is 10.8 Å². The number of halogens is 3. The first kappa shape index (κ1) is 11.7. The molecule has 0 spiro atoms. The Morgan fingerprint density at radius 3 is 2.35 bits per heavy atom. The van der Waals surface area contributed by atoms with Gasteiger partial charge in [-0.2, -0.15) is 13.2 Å². The molecule has 1 heterocycles. The van der Waals surface area contributed by atoms with Crippen molar-refractivity contribution in [2.45, 2.75) is 19.0 Å². The fourth-order valence-electron chi connectivity index (χ4n) is 1.77. The van der Waals surface area contributed by atoms with Crippen molar-refractivity contribution in [1.82, 2.24) is 4.98 Å². The first-order chi connectivity index (χ1) is 7.91. The summed E-state index contributed by atoms with van der Waals surface area (Å²) in [5, 5.41) is 0.627. The summed E-state index contributed by atoms with van der Waals surface area (Å²) in [5.41, 5.74) is -0.286. The molecule has 1 N–H and O–H groups in total. The number of benzene rings is 1. The lowest BCUT2D eigenvalue weighted by atomic mass is 9.97. The lowest BCUT2D eigenvalue weighted by Gasteiger charge is -2.17. The molecule has 1 aromatic heterocycles. The van der Waals surface area contributed by atoms with Gasteiger partial charge in [-0.25, -0.2) is 0 Å². The maximum Gasteiger partial charge on any atom is 0.395 e. The highest BCUT2D eigenvalue weighted by Gasteiger charge is 2.38. The zero-order valence-electron chi connectivity index (χ0n) is 9.01. The van der Waals surface area contributed by atoms with Gasteiger partial charge in [0.25, 0.3) is 5.56 Å². The zero-order valence-corrected chi connectivity index (χ0v) is 9.01. The molecule has 17 heavy (non-hydrogen) atoms. The summed E-state index contributed by atoms with van der Waals surface area (Å²) in [6.45, 7) is 1.08. The number of hydrogen-bond donors (Lipinski definition) is 1. The number of nitrogens with one attached hydrogen (secondary N) is 1. The summed E-state index contributed by atoms with van der Waals surface area (Å²) in [7, 11) is 0. The monoisotopic (exact) mass is 241 g/mol. The van der Waals surface area contributed by atoms with Gasteiger partial charge >= 0.3 is 6.18 Å². The molecule has 2 rings (SSSR count). The summed E-state index contributed by atoms with van der Waals surface area (Å²) >= 11 is 0. The maximum absolute atomic E-state index is 12.7. The van der Waals surface area contributed by atoms with Gasteiger partial charge in [-0.1, -0.05) is 18.2 Å². The van der Waals surface area contributed by atoms with Crippen molar-refractivity contribution >= 4 is 10.8 Å². The molecule has 2 aromatic rings. The van der Waals surface area contributed by atoms with Crippen molar-refractivity contribution in [2.75, 3.05) is 0 Å². The molecule has 0 fully saturated rings. The molecule has 5 heteroatoms. The molecule has 1 unspecified atom stereocenters. The smallest absolute Gasteiger partial charge is 0.328 e. The largest absolute Gasteiger partial charge is 0.395 e. The number of H-pyrrole nitrogens is 1. The summed E-state index contributed by atoms with van der Waals surface area (Å²) in [6.07, 6.45) is -3.18. The van der Waals surface area contributed by atoms with Crippen molar-refractivity contribution in [1.29, 1.82) is 0 Å². The molecule has 0 saturated heterocycles. The number of pyridine rings is 1. The van der Waals surface area contributed by atoms with Crippen LogP contribution in [0.2, 0.25) is 0 Å². The fourth-order valence-corrected chi connectivity index (χ4v) is 1.77. The first-order valence-electron chi connectivity index (χ1n) is 5.08. The Bertz CT molecular complexity index is 600. The molecule has 0 radical (unpaired) electrons. The third-order valence-corrected chi connectivity index (χ3v) is 2.80. The Morgan fingerprint density at radius 2 is 1.76 bits per heavy atom. The van der Waals surface area contributed by atoms with Crippen LogP contribution in [-0.4, -0.2) is 11.2 Å². The first-order valence-corrected chi connectivity index (χ1v) is 5.08. The van der Waals surface area contributed by atoms with Crippen LogP contribution in [0.5, 0.6) is 0 Å². The van der Waals surface area contributed by atoms with E-state index in [1.54, 1.807) is 12.1 Å². The van der Waals surface area contributed by atoms with E-state index in [2.05, 4.69) is 4.98 Å². The van der Waals surface area contributed by atoms with E-state index < -0.39 is 12.1 Å². The number of alkyl halides is 3. The third-order valence-electron chi connectivity index (χ3n) is 2.80. The lowest BCUT2D eigenvalue weighted by Crippen LogP contribution is -2.19. The maximum atomic E-state index is 12.7. The van der Waals surface area contributed by atoms with Gasteiger partial charge in [-0.3, -0.25) is 4.79 Å². The van der Waals surface area contributed by atoms with Gasteiger partial charge in [-0.05, 0) is 23.9 Å². The number of rotatable bonds is 1. The van der Waals surface area contributed by atoms with E-state index in [1.807, 2.05) is 0 Å². The van der Waals surface area contributed by atoms with Crippen molar-refractivity contribution in [3.05, 3.63) is 46.4 Å². The van der Waals surface area contributed by atoms with Gasteiger partial charge in [0.1, 0.15) is 0 Å². The summed E-state index contributed by atoms with van der Waals surface area (Å²) in [4.78, 5) is 13.8. The second-order valence-corrected chi connectivity index (χ2v) is 3.88. The van der Waals surface area contributed by atoms with E-state index in [4.69, 9.17) is 0 Å². The van der Waals surface area contributed by atoms with Crippen LogP contribution in [0, 0.1) is 0 Å². The third kappa shape index (κ3) is 2.05. The van der Waals surface area contributed by atoms with Gasteiger partial charge in [0.2, 0.25) is 0 Å². The molecule has 90 valence electrons. The van der Waals surface area contributed by atoms with Crippen LogP contribution in [-0.2, 0) is 0 Å². The topological polar surface area (TPSA) is 32.9 Å². The minimum atomic E-state index is -4.32. The van der Waals surface area contributed by atoms with Gasteiger partial charge in [0.15, 0.2) is 0 Å². The average Bonchev–Trinajstić information content (AvgIpc) is 2.28. The van der Waals surface area contributed by atoms with E-state index in [1.165, 1.54) is 12.1 Å². The molecular weight excluding hydrogens is 231 g/mol. The lowest BCUT2D eigenvalue weighted by molar-refractivity contribution is -0.146. The van der Waals surface area contributed by atoms with Crippen LogP contribution in [0.3, 0.4) is 0 Å². The molecule has 0 aliphatic rings.